The van der Waals surface area contributed by atoms with Crippen LogP contribution in [0.2, 0.25) is 10.0 Å². The zero-order chi connectivity index (χ0) is 26.7. The van der Waals surface area contributed by atoms with Gasteiger partial charge in [0.2, 0.25) is 0 Å². The molecule has 6 nitrogen and oxygen atoms in total. The van der Waals surface area contributed by atoms with E-state index in [1.807, 2.05) is 71.7 Å². The molecule has 194 valence electrons. The van der Waals surface area contributed by atoms with E-state index in [1.54, 1.807) is 18.2 Å². The molecule has 7 rings (SSSR count). The second-order valence-electron chi connectivity index (χ2n) is 9.29. The normalized spacial score (nSPS) is 22.5. The number of fused-ring (bicyclic) bond motifs is 4. The Labute approximate surface area is 246 Å². The molecular formula is C29H18BrCl2N3O3S. The van der Waals surface area contributed by atoms with E-state index in [0.29, 0.717) is 38.6 Å². The standard InChI is InChI=1S/C29H18BrCl2N3O3S/c30-18-6-8-26-22(12-18)24-15-23(16-4-2-1-3-5-16)34-35(24)29(38-26)27(39-28(36)33-29)14-21-7-9-25(37-21)17-10-19(31)13-20(32)11-17/h1-14,24H,15H2,(H,33,36). The first-order chi connectivity index (χ1) is 18.9. The van der Waals surface area contributed by atoms with Gasteiger partial charge >= 0.3 is 5.85 Å². The van der Waals surface area contributed by atoms with Gasteiger partial charge in [0.05, 0.1) is 16.7 Å². The molecule has 0 saturated carbocycles. The smallest absolute Gasteiger partial charge is 0.314 e. The number of nitrogens with one attached hydrogen (secondary N) is 1. The summed E-state index contributed by atoms with van der Waals surface area (Å²) in [5, 5.41) is 10.7. The van der Waals surface area contributed by atoms with Crippen molar-refractivity contribution in [1.29, 1.82) is 0 Å². The van der Waals surface area contributed by atoms with Crippen LogP contribution in [-0.4, -0.2) is 21.8 Å². The molecule has 3 aliphatic heterocycles. The van der Waals surface area contributed by atoms with E-state index in [-0.39, 0.29) is 11.3 Å². The third-order valence-electron chi connectivity index (χ3n) is 6.78. The van der Waals surface area contributed by atoms with Crippen molar-refractivity contribution >= 4 is 67.9 Å². The lowest BCUT2D eigenvalue weighted by Crippen LogP contribution is -2.61. The van der Waals surface area contributed by atoms with Crippen molar-refractivity contribution in [2.45, 2.75) is 18.3 Å². The largest absolute Gasteiger partial charge is 0.457 e. The fourth-order valence-electron chi connectivity index (χ4n) is 5.11. The lowest BCUT2D eigenvalue weighted by atomic mass is 9.96. The van der Waals surface area contributed by atoms with Crippen molar-refractivity contribution in [2.24, 2.45) is 5.10 Å². The van der Waals surface area contributed by atoms with Gasteiger partial charge in [-0.15, -0.1) is 0 Å². The lowest BCUT2D eigenvalue weighted by Gasteiger charge is -2.45. The van der Waals surface area contributed by atoms with Gasteiger partial charge in [-0.05, 0) is 71.9 Å². The first-order valence-electron chi connectivity index (χ1n) is 12.1. The summed E-state index contributed by atoms with van der Waals surface area (Å²) < 4.78 is 13.7. The summed E-state index contributed by atoms with van der Waals surface area (Å²) >= 11 is 17.0. The van der Waals surface area contributed by atoms with Crippen LogP contribution in [0.4, 0.5) is 4.79 Å². The summed E-state index contributed by atoms with van der Waals surface area (Å²) in [6, 6.07) is 24.7. The van der Waals surface area contributed by atoms with Crippen LogP contribution in [0.25, 0.3) is 17.4 Å². The Morgan fingerprint density at radius 2 is 1.82 bits per heavy atom. The molecule has 4 aromatic rings. The van der Waals surface area contributed by atoms with Crippen LogP contribution in [0.1, 0.15) is 29.3 Å². The summed E-state index contributed by atoms with van der Waals surface area (Å²) in [4.78, 5) is 13.5. The predicted octanol–water partition coefficient (Wildman–Crippen LogP) is 8.71. The van der Waals surface area contributed by atoms with E-state index >= 15 is 0 Å². The Bertz CT molecular complexity index is 1690. The van der Waals surface area contributed by atoms with Crippen LogP contribution in [0.5, 0.6) is 5.75 Å². The molecule has 1 spiro atoms. The number of halogens is 3. The third kappa shape index (κ3) is 4.36. The number of hydrogen-bond acceptors (Lipinski definition) is 6. The van der Waals surface area contributed by atoms with Gasteiger partial charge in [-0.2, -0.15) is 5.10 Å². The third-order valence-corrected chi connectivity index (χ3v) is 8.62. The van der Waals surface area contributed by atoms with Crippen molar-refractivity contribution in [3.05, 3.63) is 115 Å². The molecule has 3 aliphatic rings. The van der Waals surface area contributed by atoms with Gasteiger partial charge in [0.25, 0.3) is 5.24 Å². The van der Waals surface area contributed by atoms with Gasteiger partial charge in [-0.25, -0.2) is 5.01 Å². The number of thioether (sulfide) groups is 1. The van der Waals surface area contributed by atoms with Crippen molar-refractivity contribution in [3.63, 3.8) is 0 Å². The second kappa shape index (κ2) is 9.48. The molecule has 1 saturated heterocycles. The number of ether oxygens (including phenoxy) is 1. The molecule has 10 heteroatoms. The van der Waals surface area contributed by atoms with Crippen molar-refractivity contribution in [2.75, 3.05) is 0 Å². The average molecular weight is 639 g/mol. The summed E-state index contributed by atoms with van der Waals surface area (Å²) in [6.45, 7) is 0. The van der Waals surface area contributed by atoms with Crippen LogP contribution in [-0.2, 0) is 0 Å². The van der Waals surface area contributed by atoms with Crippen molar-refractivity contribution in [3.8, 4) is 17.1 Å². The Kier molecular flexibility index (Phi) is 6.04. The molecule has 2 unspecified atom stereocenters. The molecule has 2 atom stereocenters. The minimum Gasteiger partial charge on any atom is -0.457 e. The number of amides is 1. The highest BCUT2D eigenvalue weighted by atomic mass is 79.9. The van der Waals surface area contributed by atoms with E-state index in [0.717, 1.165) is 38.6 Å². The molecule has 1 amide bonds. The highest BCUT2D eigenvalue weighted by Crippen LogP contribution is 2.53. The highest BCUT2D eigenvalue weighted by Gasteiger charge is 2.58. The molecule has 4 heterocycles. The number of hydrazone groups is 1. The Balaban J connectivity index is 1.33. The van der Waals surface area contributed by atoms with Gasteiger partial charge in [-0.1, -0.05) is 69.5 Å². The lowest BCUT2D eigenvalue weighted by molar-refractivity contribution is -0.0949. The van der Waals surface area contributed by atoms with Crippen molar-refractivity contribution in [1.82, 2.24) is 10.3 Å². The molecule has 1 N–H and O–H groups in total. The molecule has 0 bridgehead atoms. The molecule has 0 aliphatic carbocycles. The zero-order valence-electron chi connectivity index (χ0n) is 20.0. The number of carbonyl (C=O) groups excluding carboxylic acids is 1. The van der Waals surface area contributed by atoms with Gasteiger partial charge in [0, 0.05) is 32.1 Å². The molecule has 3 aromatic carbocycles. The number of nitrogens with zero attached hydrogens (tertiary/aromatic N) is 2. The Hall–Kier alpha value is -3.17. The van der Waals surface area contributed by atoms with Gasteiger partial charge < -0.3 is 9.15 Å². The van der Waals surface area contributed by atoms with Gasteiger partial charge in [0.15, 0.2) is 0 Å². The predicted molar refractivity (Wildman–Crippen MR) is 158 cm³/mol. The molecule has 1 fully saturated rings. The number of carbonyl (C=O) groups is 1. The van der Waals surface area contributed by atoms with Crippen molar-refractivity contribution < 1.29 is 13.9 Å². The average Bonchev–Trinajstić information content (AvgIpc) is 3.63. The minimum atomic E-state index is -1.32. The van der Waals surface area contributed by atoms with E-state index in [9.17, 15) is 4.79 Å². The zero-order valence-corrected chi connectivity index (χ0v) is 23.9. The number of hydrogen-bond donors (Lipinski definition) is 1. The molecular weight excluding hydrogens is 621 g/mol. The highest BCUT2D eigenvalue weighted by molar-refractivity contribution is 9.10. The second-order valence-corrected chi connectivity index (χ2v) is 12.1. The molecule has 0 radical (unpaired) electrons. The maximum Gasteiger partial charge on any atom is 0.314 e. The fourth-order valence-corrected chi connectivity index (χ4v) is 6.90. The van der Waals surface area contributed by atoms with Crippen LogP contribution in [0.15, 0.2) is 97.8 Å². The summed E-state index contributed by atoms with van der Waals surface area (Å²) in [5.74, 6) is 0.514. The topological polar surface area (TPSA) is 67.1 Å². The van der Waals surface area contributed by atoms with E-state index in [4.69, 9.17) is 37.5 Å². The maximum atomic E-state index is 12.9. The Morgan fingerprint density at radius 1 is 1.03 bits per heavy atom. The number of benzene rings is 3. The van der Waals surface area contributed by atoms with E-state index in [2.05, 4.69) is 21.2 Å². The van der Waals surface area contributed by atoms with Crippen LogP contribution in [0, 0.1) is 0 Å². The van der Waals surface area contributed by atoms with E-state index in [1.165, 1.54) is 0 Å². The van der Waals surface area contributed by atoms with Crippen LogP contribution in [0.3, 0.4) is 0 Å². The SMILES string of the molecule is O=C1NC2(Oc3ccc(Br)cc3C3CC(c4ccccc4)=NN32)C(=Cc2ccc(-c3cc(Cl)cc(Cl)c3)o2)S1. The monoisotopic (exact) mass is 637 g/mol. The van der Waals surface area contributed by atoms with Gasteiger partial charge in [-0.3, -0.25) is 10.1 Å². The fraction of sp³-hybridized carbons (Fsp3) is 0.103. The molecule has 1 aromatic heterocycles. The first kappa shape index (κ1) is 24.8. The summed E-state index contributed by atoms with van der Waals surface area (Å²) in [7, 11) is 0. The first-order valence-corrected chi connectivity index (χ1v) is 14.4. The summed E-state index contributed by atoms with van der Waals surface area (Å²) in [5.41, 5.74) is 3.69. The van der Waals surface area contributed by atoms with Crippen LogP contribution >= 0.6 is 50.9 Å². The Morgan fingerprint density at radius 3 is 2.62 bits per heavy atom. The summed E-state index contributed by atoms with van der Waals surface area (Å²) in [6.07, 6.45) is 2.47. The van der Waals surface area contributed by atoms with Crippen LogP contribution < -0.4 is 10.1 Å². The van der Waals surface area contributed by atoms with E-state index < -0.39 is 5.85 Å². The van der Waals surface area contributed by atoms with Gasteiger partial charge in [0.1, 0.15) is 17.3 Å². The minimum absolute atomic E-state index is 0.148. The number of furan rings is 1. The number of rotatable bonds is 3. The molecule has 39 heavy (non-hydrogen) atoms. The maximum absolute atomic E-state index is 12.9. The quantitative estimate of drug-likeness (QED) is 0.243.